The van der Waals surface area contributed by atoms with Crippen LogP contribution in [0.4, 0.5) is 18.3 Å². The molecule has 2 heterocycles. The van der Waals surface area contributed by atoms with Crippen molar-refractivity contribution in [3.63, 3.8) is 0 Å². The van der Waals surface area contributed by atoms with Crippen LogP contribution in [-0.4, -0.2) is 16.0 Å². The van der Waals surface area contributed by atoms with Crippen LogP contribution in [0.2, 0.25) is 0 Å². The number of carbonyl (C=O) groups is 1. The zero-order valence-corrected chi connectivity index (χ0v) is 11.0. The standard InChI is InChI=1S/C12H6F3N3O2S/c13-12(14,15)6-2-1-3-8-9(6)17-11(21-8)18-10(19)7-4-5-16-20-7/h1-5H,(H,17,18,19). The summed E-state index contributed by atoms with van der Waals surface area (Å²) in [6.07, 6.45) is -3.21. The maximum atomic E-state index is 12.9. The molecular formula is C12H6F3N3O2S. The van der Waals surface area contributed by atoms with Gasteiger partial charge in [-0.1, -0.05) is 22.6 Å². The Hall–Kier alpha value is -2.42. The largest absolute Gasteiger partial charge is 0.418 e. The van der Waals surface area contributed by atoms with Crippen LogP contribution in [0.15, 0.2) is 35.0 Å². The van der Waals surface area contributed by atoms with Crippen LogP contribution in [0.3, 0.4) is 0 Å². The van der Waals surface area contributed by atoms with E-state index in [1.807, 2.05) is 0 Å². The van der Waals surface area contributed by atoms with Gasteiger partial charge in [-0.2, -0.15) is 13.2 Å². The lowest BCUT2D eigenvalue weighted by Gasteiger charge is -2.05. The SMILES string of the molecule is O=C(Nc1nc2c(C(F)(F)F)cccc2s1)c1ccno1. The number of hydrogen-bond acceptors (Lipinski definition) is 5. The molecule has 0 bridgehead atoms. The summed E-state index contributed by atoms with van der Waals surface area (Å²) in [4.78, 5) is 15.6. The van der Waals surface area contributed by atoms with Crippen LogP contribution in [0.1, 0.15) is 16.1 Å². The van der Waals surface area contributed by atoms with E-state index in [9.17, 15) is 18.0 Å². The van der Waals surface area contributed by atoms with Gasteiger partial charge in [-0.25, -0.2) is 4.98 Å². The summed E-state index contributed by atoms with van der Waals surface area (Å²) in [6, 6.07) is 5.09. The summed E-state index contributed by atoms with van der Waals surface area (Å²) in [5.41, 5.74) is -1.03. The van der Waals surface area contributed by atoms with E-state index in [0.29, 0.717) is 4.70 Å². The van der Waals surface area contributed by atoms with E-state index in [1.54, 1.807) is 0 Å². The molecule has 0 saturated heterocycles. The highest BCUT2D eigenvalue weighted by Crippen LogP contribution is 2.37. The average Bonchev–Trinajstić information content (AvgIpc) is 3.05. The van der Waals surface area contributed by atoms with Crippen molar-refractivity contribution in [3.05, 3.63) is 41.8 Å². The first kappa shape index (κ1) is 13.6. The second-order valence-electron chi connectivity index (χ2n) is 4.00. The fraction of sp³-hybridized carbons (Fsp3) is 0.0833. The van der Waals surface area contributed by atoms with Crippen LogP contribution in [0, 0.1) is 0 Å². The molecule has 0 spiro atoms. The van der Waals surface area contributed by atoms with Crippen molar-refractivity contribution in [2.75, 3.05) is 5.32 Å². The van der Waals surface area contributed by atoms with Crippen LogP contribution < -0.4 is 5.32 Å². The molecule has 9 heteroatoms. The van der Waals surface area contributed by atoms with Gasteiger partial charge in [0, 0.05) is 6.07 Å². The number of aromatic nitrogens is 2. The number of thiazole rings is 1. The number of halogens is 3. The third-order valence-electron chi connectivity index (χ3n) is 2.61. The van der Waals surface area contributed by atoms with Crippen molar-refractivity contribution in [2.24, 2.45) is 0 Å². The number of anilines is 1. The number of rotatable bonds is 2. The summed E-state index contributed by atoms with van der Waals surface area (Å²) < 4.78 is 43.6. The van der Waals surface area contributed by atoms with E-state index >= 15 is 0 Å². The molecule has 21 heavy (non-hydrogen) atoms. The maximum Gasteiger partial charge on any atom is 0.418 e. The second-order valence-corrected chi connectivity index (χ2v) is 5.03. The minimum atomic E-state index is -4.50. The zero-order chi connectivity index (χ0) is 15.0. The lowest BCUT2D eigenvalue weighted by Crippen LogP contribution is -2.10. The van der Waals surface area contributed by atoms with E-state index in [0.717, 1.165) is 17.4 Å². The summed E-state index contributed by atoms with van der Waals surface area (Å²) >= 11 is 0.948. The topological polar surface area (TPSA) is 68.0 Å². The first-order valence-electron chi connectivity index (χ1n) is 5.64. The third kappa shape index (κ3) is 2.59. The lowest BCUT2D eigenvalue weighted by molar-refractivity contribution is -0.136. The van der Waals surface area contributed by atoms with Crippen molar-refractivity contribution < 1.29 is 22.5 Å². The van der Waals surface area contributed by atoms with Gasteiger partial charge in [-0.05, 0) is 12.1 Å². The van der Waals surface area contributed by atoms with Crippen molar-refractivity contribution in [1.82, 2.24) is 10.1 Å². The first-order valence-corrected chi connectivity index (χ1v) is 6.45. The zero-order valence-electron chi connectivity index (χ0n) is 10.1. The van der Waals surface area contributed by atoms with Crippen molar-refractivity contribution in [3.8, 4) is 0 Å². The number of nitrogens with zero attached hydrogens (tertiary/aromatic N) is 2. The Balaban J connectivity index is 1.97. The molecule has 0 aliphatic rings. The van der Waals surface area contributed by atoms with Crippen molar-refractivity contribution in [1.29, 1.82) is 0 Å². The van der Waals surface area contributed by atoms with Gasteiger partial charge >= 0.3 is 6.18 Å². The van der Waals surface area contributed by atoms with Gasteiger partial charge in [0.05, 0.1) is 22.0 Å². The summed E-state index contributed by atoms with van der Waals surface area (Å²) in [6.45, 7) is 0. The van der Waals surface area contributed by atoms with E-state index in [1.165, 1.54) is 24.4 Å². The smallest absolute Gasteiger partial charge is 0.351 e. The molecule has 108 valence electrons. The molecule has 2 aromatic heterocycles. The predicted molar refractivity (Wildman–Crippen MR) is 69.1 cm³/mol. The maximum absolute atomic E-state index is 12.9. The van der Waals surface area contributed by atoms with Crippen LogP contribution in [-0.2, 0) is 6.18 Å². The van der Waals surface area contributed by atoms with E-state index in [4.69, 9.17) is 0 Å². The van der Waals surface area contributed by atoms with Crippen molar-refractivity contribution >= 4 is 32.6 Å². The Morgan fingerprint density at radius 2 is 2.10 bits per heavy atom. The minimum Gasteiger partial charge on any atom is -0.351 e. The van der Waals surface area contributed by atoms with Gasteiger partial charge in [-0.3, -0.25) is 10.1 Å². The number of nitrogens with one attached hydrogen (secondary N) is 1. The fourth-order valence-corrected chi connectivity index (χ4v) is 2.61. The van der Waals surface area contributed by atoms with E-state index in [2.05, 4.69) is 20.0 Å². The molecule has 0 saturated carbocycles. The number of fused-ring (bicyclic) bond motifs is 1. The second kappa shape index (κ2) is 4.85. The highest BCUT2D eigenvalue weighted by Gasteiger charge is 2.33. The Labute approximate surface area is 119 Å². The molecule has 3 rings (SSSR count). The quantitative estimate of drug-likeness (QED) is 0.785. The number of amides is 1. The van der Waals surface area contributed by atoms with E-state index in [-0.39, 0.29) is 16.4 Å². The van der Waals surface area contributed by atoms with Gasteiger partial charge in [0.1, 0.15) is 0 Å². The Morgan fingerprint density at radius 1 is 1.29 bits per heavy atom. The fourth-order valence-electron chi connectivity index (χ4n) is 1.72. The average molecular weight is 313 g/mol. The molecule has 5 nitrogen and oxygen atoms in total. The molecule has 0 radical (unpaired) electrons. The van der Waals surface area contributed by atoms with Crippen LogP contribution in [0.25, 0.3) is 10.2 Å². The van der Waals surface area contributed by atoms with Gasteiger partial charge in [0.25, 0.3) is 5.91 Å². The van der Waals surface area contributed by atoms with Crippen LogP contribution in [0.5, 0.6) is 0 Å². The van der Waals surface area contributed by atoms with Crippen molar-refractivity contribution in [2.45, 2.75) is 6.18 Å². The van der Waals surface area contributed by atoms with E-state index < -0.39 is 17.6 Å². The molecule has 0 aliphatic carbocycles. The Kier molecular flexibility index (Phi) is 3.13. The lowest BCUT2D eigenvalue weighted by atomic mass is 10.2. The Morgan fingerprint density at radius 3 is 2.76 bits per heavy atom. The number of benzene rings is 1. The molecular weight excluding hydrogens is 307 g/mol. The number of carbonyl (C=O) groups excluding carboxylic acids is 1. The summed E-state index contributed by atoms with van der Waals surface area (Å²) in [5, 5.41) is 5.81. The number of alkyl halides is 3. The summed E-state index contributed by atoms with van der Waals surface area (Å²) in [7, 11) is 0. The first-order chi connectivity index (χ1) is 9.95. The van der Waals surface area contributed by atoms with Gasteiger partial charge in [0.15, 0.2) is 5.13 Å². The molecule has 1 amide bonds. The number of hydrogen-bond donors (Lipinski definition) is 1. The molecule has 3 aromatic rings. The molecule has 0 atom stereocenters. The van der Waals surface area contributed by atoms with Gasteiger partial charge < -0.3 is 4.52 Å². The Bertz CT molecular complexity index is 796. The van der Waals surface area contributed by atoms with Gasteiger partial charge in [-0.15, -0.1) is 0 Å². The monoisotopic (exact) mass is 313 g/mol. The normalized spacial score (nSPS) is 11.8. The molecule has 0 unspecified atom stereocenters. The van der Waals surface area contributed by atoms with Gasteiger partial charge in [0.2, 0.25) is 5.76 Å². The minimum absolute atomic E-state index is 0.0506. The van der Waals surface area contributed by atoms with Crippen LogP contribution >= 0.6 is 11.3 Å². The predicted octanol–water partition coefficient (Wildman–Crippen LogP) is 3.56. The highest BCUT2D eigenvalue weighted by molar-refractivity contribution is 7.22. The molecule has 0 aliphatic heterocycles. The molecule has 1 aromatic carbocycles. The summed E-state index contributed by atoms with van der Waals surface area (Å²) in [5.74, 6) is -0.676. The third-order valence-corrected chi connectivity index (χ3v) is 3.54. The molecule has 0 fully saturated rings. The molecule has 1 N–H and O–H groups in total. The highest BCUT2D eigenvalue weighted by atomic mass is 32.1. The number of para-hydroxylation sites is 1.